The molecule has 84 valence electrons. The second kappa shape index (κ2) is 3.63. The highest BCUT2D eigenvalue weighted by molar-refractivity contribution is 6.01. The second-order valence-electron chi connectivity index (χ2n) is 3.98. The van der Waals surface area contributed by atoms with Gasteiger partial charge in [-0.25, -0.2) is 0 Å². The zero-order chi connectivity index (χ0) is 11.9. The molecule has 0 saturated heterocycles. The van der Waals surface area contributed by atoms with E-state index in [0.717, 1.165) is 0 Å². The monoisotopic (exact) mass is 220 g/mol. The van der Waals surface area contributed by atoms with Crippen LogP contribution in [0.2, 0.25) is 0 Å². The first-order chi connectivity index (χ1) is 7.52. The summed E-state index contributed by atoms with van der Waals surface area (Å²) in [7, 11) is 0. The molecule has 1 aliphatic carbocycles. The molecule has 0 fully saturated rings. The fraction of sp³-hybridized carbons (Fsp3) is 0.333. The van der Waals surface area contributed by atoms with E-state index in [4.69, 9.17) is 4.74 Å². The van der Waals surface area contributed by atoms with Gasteiger partial charge in [0.15, 0.2) is 11.6 Å². The van der Waals surface area contributed by atoms with Crippen molar-refractivity contribution in [3.63, 3.8) is 0 Å². The standard InChI is InChI=1S/C12H12O4/c1-6-5-9(15)11(7(2)13)12-10(6)8(14)3-4-16-12/h3-5,10,12,15H,1-2H3. The van der Waals surface area contributed by atoms with E-state index in [2.05, 4.69) is 0 Å². The maximum atomic E-state index is 11.7. The lowest BCUT2D eigenvalue weighted by Crippen LogP contribution is -2.38. The molecule has 4 nitrogen and oxygen atoms in total. The van der Waals surface area contributed by atoms with Crippen LogP contribution in [-0.2, 0) is 14.3 Å². The SMILES string of the molecule is CC(=O)C1=C(O)C=C(C)C2C(=O)C=COC12. The van der Waals surface area contributed by atoms with Crippen LogP contribution in [0.3, 0.4) is 0 Å². The normalized spacial score (nSPS) is 28.4. The minimum Gasteiger partial charge on any atom is -0.507 e. The van der Waals surface area contributed by atoms with Gasteiger partial charge in [0.1, 0.15) is 11.9 Å². The second-order valence-corrected chi connectivity index (χ2v) is 3.98. The van der Waals surface area contributed by atoms with Gasteiger partial charge in [-0.2, -0.15) is 0 Å². The maximum Gasteiger partial charge on any atom is 0.169 e. The lowest BCUT2D eigenvalue weighted by Gasteiger charge is -2.32. The summed E-state index contributed by atoms with van der Waals surface area (Å²) in [6.07, 6.45) is 3.40. The van der Waals surface area contributed by atoms with Gasteiger partial charge in [0.05, 0.1) is 17.8 Å². The summed E-state index contributed by atoms with van der Waals surface area (Å²) in [5, 5.41) is 9.70. The molecular weight excluding hydrogens is 208 g/mol. The van der Waals surface area contributed by atoms with Crippen molar-refractivity contribution in [2.24, 2.45) is 5.92 Å². The highest BCUT2D eigenvalue weighted by Gasteiger charge is 2.40. The zero-order valence-corrected chi connectivity index (χ0v) is 9.06. The Hall–Kier alpha value is -1.84. The summed E-state index contributed by atoms with van der Waals surface area (Å²) in [6.45, 7) is 3.09. The fourth-order valence-electron chi connectivity index (χ4n) is 2.13. The highest BCUT2D eigenvalue weighted by Crippen LogP contribution is 2.34. The van der Waals surface area contributed by atoms with Crippen LogP contribution in [0.4, 0.5) is 0 Å². The molecule has 16 heavy (non-hydrogen) atoms. The van der Waals surface area contributed by atoms with Crippen LogP contribution in [0.25, 0.3) is 0 Å². The number of aliphatic hydroxyl groups is 1. The predicted molar refractivity (Wildman–Crippen MR) is 56.6 cm³/mol. The van der Waals surface area contributed by atoms with Crippen LogP contribution in [0, 0.1) is 5.92 Å². The first-order valence-electron chi connectivity index (χ1n) is 5.00. The molecule has 4 heteroatoms. The predicted octanol–water partition coefficient (Wildman–Crippen LogP) is 1.45. The summed E-state index contributed by atoms with van der Waals surface area (Å²) in [5.41, 5.74) is 0.884. The minimum atomic E-state index is -0.681. The van der Waals surface area contributed by atoms with Crippen LogP contribution in [0.15, 0.2) is 35.3 Å². The molecule has 0 spiro atoms. The molecule has 0 radical (unpaired) electrons. The van der Waals surface area contributed by atoms with Gasteiger partial charge in [-0.3, -0.25) is 9.59 Å². The molecule has 0 aromatic rings. The Bertz CT molecular complexity index is 454. The lowest BCUT2D eigenvalue weighted by atomic mass is 9.79. The summed E-state index contributed by atoms with van der Waals surface area (Å²) >= 11 is 0. The lowest BCUT2D eigenvalue weighted by molar-refractivity contribution is -0.122. The Labute approximate surface area is 92.9 Å². The van der Waals surface area contributed by atoms with Crippen LogP contribution < -0.4 is 0 Å². The van der Waals surface area contributed by atoms with Gasteiger partial charge in [-0.05, 0) is 19.9 Å². The van der Waals surface area contributed by atoms with Crippen molar-refractivity contribution in [1.82, 2.24) is 0 Å². The van der Waals surface area contributed by atoms with Gasteiger partial charge in [0.2, 0.25) is 0 Å². The van der Waals surface area contributed by atoms with E-state index >= 15 is 0 Å². The molecule has 1 heterocycles. The Morgan fingerprint density at radius 3 is 2.81 bits per heavy atom. The molecule has 2 atom stereocenters. The topological polar surface area (TPSA) is 63.6 Å². The molecule has 2 unspecified atom stereocenters. The quantitative estimate of drug-likeness (QED) is 0.726. The molecule has 0 aromatic carbocycles. The van der Waals surface area contributed by atoms with Gasteiger partial charge in [0.25, 0.3) is 0 Å². The van der Waals surface area contributed by atoms with E-state index in [1.807, 2.05) is 0 Å². The average molecular weight is 220 g/mol. The third kappa shape index (κ3) is 1.46. The van der Waals surface area contributed by atoms with E-state index in [1.165, 1.54) is 25.3 Å². The van der Waals surface area contributed by atoms with Crippen molar-refractivity contribution in [2.75, 3.05) is 0 Å². The van der Waals surface area contributed by atoms with Gasteiger partial charge in [-0.15, -0.1) is 0 Å². The molecular formula is C12H12O4. The van der Waals surface area contributed by atoms with Crippen molar-refractivity contribution in [3.05, 3.63) is 35.3 Å². The Morgan fingerprint density at radius 1 is 1.50 bits per heavy atom. The Morgan fingerprint density at radius 2 is 2.19 bits per heavy atom. The van der Waals surface area contributed by atoms with Crippen LogP contribution in [0.5, 0.6) is 0 Å². The van der Waals surface area contributed by atoms with Crippen LogP contribution in [0.1, 0.15) is 13.8 Å². The number of aliphatic hydroxyl groups excluding tert-OH is 1. The zero-order valence-electron chi connectivity index (χ0n) is 9.06. The maximum absolute atomic E-state index is 11.7. The summed E-state index contributed by atoms with van der Waals surface area (Å²) in [4.78, 5) is 23.1. The van der Waals surface area contributed by atoms with E-state index in [-0.39, 0.29) is 22.9 Å². The smallest absolute Gasteiger partial charge is 0.169 e. The van der Waals surface area contributed by atoms with Crippen molar-refractivity contribution < 1.29 is 19.4 Å². The molecule has 2 aliphatic rings. The highest BCUT2D eigenvalue weighted by atomic mass is 16.5. The minimum absolute atomic E-state index is 0.101. The molecule has 2 rings (SSSR count). The Balaban J connectivity index is 2.53. The summed E-state index contributed by atoms with van der Waals surface area (Å²) in [6, 6.07) is 0. The Kier molecular flexibility index (Phi) is 2.42. The fourth-order valence-corrected chi connectivity index (χ4v) is 2.13. The van der Waals surface area contributed by atoms with E-state index in [0.29, 0.717) is 5.57 Å². The van der Waals surface area contributed by atoms with Crippen molar-refractivity contribution in [3.8, 4) is 0 Å². The number of Topliss-reactive ketones (excluding diaryl/α,β-unsaturated/α-hetero) is 1. The number of rotatable bonds is 1. The number of ketones is 2. The largest absolute Gasteiger partial charge is 0.507 e. The number of hydrogen-bond acceptors (Lipinski definition) is 4. The van der Waals surface area contributed by atoms with E-state index in [9.17, 15) is 14.7 Å². The molecule has 1 N–H and O–H groups in total. The number of fused-ring (bicyclic) bond motifs is 1. The molecule has 0 saturated carbocycles. The van der Waals surface area contributed by atoms with Gasteiger partial charge >= 0.3 is 0 Å². The molecule has 0 aromatic heterocycles. The van der Waals surface area contributed by atoms with Crippen molar-refractivity contribution in [1.29, 1.82) is 0 Å². The van der Waals surface area contributed by atoms with E-state index in [1.54, 1.807) is 6.92 Å². The van der Waals surface area contributed by atoms with Crippen molar-refractivity contribution in [2.45, 2.75) is 20.0 Å². The molecule has 1 aliphatic heterocycles. The van der Waals surface area contributed by atoms with Crippen LogP contribution >= 0.6 is 0 Å². The molecule has 0 amide bonds. The average Bonchev–Trinajstić information content (AvgIpc) is 2.15. The summed E-state index contributed by atoms with van der Waals surface area (Å²) < 4.78 is 5.29. The first kappa shape index (κ1) is 10.7. The number of allylic oxidation sites excluding steroid dienone is 2. The van der Waals surface area contributed by atoms with E-state index < -0.39 is 12.0 Å². The van der Waals surface area contributed by atoms with Gasteiger partial charge < -0.3 is 9.84 Å². The van der Waals surface area contributed by atoms with Crippen molar-refractivity contribution >= 4 is 11.6 Å². The molecule has 0 bridgehead atoms. The third-order valence-electron chi connectivity index (χ3n) is 2.86. The first-order valence-corrected chi connectivity index (χ1v) is 5.00. The summed E-state index contributed by atoms with van der Waals surface area (Å²) in [5.74, 6) is -0.968. The number of hydrogen-bond donors (Lipinski definition) is 1. The van der Waals surface area contributed by atoms with Gasteiger partial charge in [0, 0.05) is 6.08 Å². The third-order valence-corrected chi connectivity index (χ3v) is 2.86. The number of ether oxygens (including phenoxy) is 1. The van der Waals surface area contributed by atoms with Gasteiger partial charge in [-0.1, -0.05) is 5.57 Å². The number of carbonyl (C=O) groups is 2. The number of carbonyl (C=O) groups excluding carboxylic acids is 2. The van der Waals surface area contributed by atoms with Crippen LogP contribution in [-0.4, -0.2) is 22.8 Å².